The van der Waals surface area contributed by atoms with Crippen LogP contribution in [0.4, 0.5) is 0 Å². The lowest BCUT2D eigenvalue weighted by atomic mass is 10.2. The van der Waals surface area contributed by atoms with E-state index in [4.69, 9.17) is 11.6 Å². The number of aliphatic hydroxyl groups excluding tert-OH is 1. The van der Waals surface area contributed by atoms with Gasteiger partial charge in [0, 0.05) is 34.4 Å². The van der Waals surface area contributed by atoms with E-state index in [9.17, 15) is 5.11 Å². The van der Waals surface area contributed by atoms with E-state index >= 15 is 0 Å². The van der Waals surface area contributed by atoms with Crippen LogP contribution in [0, 0.1) is 0 Å². The molecule has 1 aromatic carbocycles. The first-order valence-electron chi connectivity index (χ1n) is 6.29. The number of fused-ring (bicyclic) bond motifs is 1. The van der Waals surface area contributed by atoms with Crippen molar-refractivity contribution >= 4 is 34.3 Å². The number of hydrogen-bond donors (Lipinski definition) is 3. The summed E-state index contributed by atoms with van der Waals surface area (Å²) in [6, 6.07) is 8.23. The summed E-state index contributed by atoms with van der Waals surface area (Å²) in [6.07, 6.45) is 2.01. The fraction of sp³-hybridized carbons (Fsp3) is 0.429. The quantitative estimate of drug-likeness (QED) is 0.768. The Balaban J connectivity index is 2.07. The van der Waals surface area contributed by atoms with E-state index in [0.29, 0.717) is 6.54 Å². The molecule has 0 aliphatic rings. The van der Waals surface area contributed by atoms with Crippen LogP contribution in [0.5, 0.6) is 0 Å². The molecule has 2 unspecified atom stereocenters. The Kier molecular flexibility index (Phi) is 5.16. The molecule has 0 fully saturated rings. The highest BCUT2D eigenvalue weighted by Crippen LogP contribution is 2.27. The highest BCUT2D eigenvalue weighted by molar-refractivity contribution is 7.99. The van der Waals surface area contributed by atoms with Gasteiger partial charge in [0.2, 0.25) is 0 Å². The second-order valence-electron chi connectivity index (χ2n) is 4.59. The van der Waals surface area contributed by atoms with Crippen molar-refractivity contribution in [2.45, 2.75) is 24.8 Å². The molecule has 0 bridgehead atoms. The van der Waals surface area contributed by atoms with Gasteiger partial charge >= 0.3 is 0 Å². The molecule has 0 saturated carbocycles. The van der Waals surface area contributed by atoms with Gasteiger partial charge in [-0.2, -0.15) is 11.8 Å². The number of para-hydroxylation sites is 1. The number of aliphatic hydroxyl groups is 1. The lowest BCUT2D eigenvalue weighted by molar-refractivity contribution is 0.275. The molecular formula is C14H19ClN2OS. The van der Waals surface area contributed by atoms with Gasteiger partial charge < -0.3 is 15.4 Å². The van der Waals surface area contributed by atoms with Crippen molar-refractivity contribution < 1.29 is 5.11 Å². The van der Waals surface area contributed by atoms with Gasteiger partial charge in [-0.1, -0.05) is 29.8 Å². The van der Waals surface area contributed by atoms with Crippen LogP contribution in [-0.2, 0) is 6.54 Å². The molecule has 1 aromatic heterocycles. The van der Waals surface area contributed by atoms with Crippen molar-refractivity contribution in [3.63, 3.8) is 0 Å². The smallest absolute Gasteiger partial charge is 0.0705 e. The number of benzene rings is 1. The summed E-state index contributed by atoms with van der Waals surface area (Å²) < 4.78 is 0. The van der Waals surface area contributed by atoms with Crippen LogP contribution in [0.2, 0.25) is 5.02 Å². The molecule has 0 radical (unpaired) electrons. The summed E-state index contributed by atoms with van der Waals surface area (Å²) in [5.41, 5.74) is 2.05. The Morgan fingerprint density at radius 1 is 1.42 bits per heavy atom. The summed E-state index contributed by atoms with van der Waals surface area (Å²) in [4.78, 5) is 3.33. The van der Waals surface area contributed by atoms with Crippen LogP contribution in [-0.4, -0.2) is 34.2 Å². The van der Waals surface area contributed by atoms with Crippen molar-refractivity contribution in [3.8, 4) is 0 Å². The third-order valence-corrected chi connectivity index (χ3v) is 4.95. The Bertz CT molecular complexity index is 539. The largest absolute Gasteiger partial charge is 0.395 e. The predicted octanol–water partition coefficient (Wildman–Crippen LogP) is 3.02. The van der Waals surface area contributed by atoms with Crippen molar-refractivity contribution in [2.75, 3.05) is 12.9 Å². The maximum absolute atomic E-state index is 9.27. The molecule has 0 saturated heterocycles. The SMILES string of the molecule is CSC(CO)C(C)NCc1[nH]c2ccccc2c1Cl. The van der Waals surface area contributed by atoms with Gasteiger partial charge in [0.25, 0.3) is 0 Å². The zero-order valence-corrected chi connectivity index (χ0v) is 12.7. The number of rotatable bonds is 6. The first-order valence-corrected chi connectivity index (χ1v) is 7.96. The minimum atomic E-state index is 0.176. The van der Waals surface area contributed by atoms with E-state index in [1.807, 2.05) is 30.5 Å². The Morgan fingerprint density at radius 2 is 2.16 bits per heavy atom. The molecule has 3 N–H and O–H groups in total. The van der Waals surface area contributed by atoms with Gasteiger partial charge in [0.15, 0.2) is 0 Å². The summed E-state index contributed by atoms with van der Waals surface area (Å²) in [6.45, 7) is 2.93. The molecule has 19 heavy (non-hydrogen) atoms. The standard InChI is InChI=1S/C14H19ClN2OS/c1-9(13(8-18)19-2)16-7-12-14(15)10-5-3-4-6-11(10)17-12/h3-6,9,13,16-18H,7-8H2,1-2H3. The minimum Gasteiger partial charge on any atom is -0.395 e. The van der Waals surface area contributed by atoms with Gasteiger partial charge in [-0.25, -0.2) is 0 Å². The maximum Gasteiger partial charge on any atom is 0.0705 e. The number of H-pyrrole nitrogens is 1. The molecule has 104 valence electrons. The van der Waals surface area contributed by atoms with Gasteiger partial charge in [-0.05, 0) is 19.2 Å². The highest BCUT2D eigenvalue weighted by Gasteiger charge is 2.16. The zero-order valence-electron chi connectivity index (χ0n) is 11.1. The number of halogens is 1. The first kappa shape index (κ1) is 14.7. The number of aromatic amines is 1. The maximum atomic E-state index is 9.27. The average molecular weight is 299 g/mol. The number of hydrogen-bond acceptors (Lipinski definition) is 3. The molecule has 2 rings (SSSR count). The van der Waals surface area contributed by atoms with E-state index in [1.165, 1.54) is 0 Å². The summed E-state index contributed by atoms with van der Waals surface area (Å²) in [5, 5.41) is 14.7. The molecule has 0 aliphatic carbocycles. The number of nitrogens with one attached hydrogen (secondary N) is 2. The summed E-state index contributed by atoms with van der Waals surface area (Å²) >= 11 is 8.03. The van der Waals surface area contributed by atoms with Gasteiger partial charge in [-0.3, -0.25) is 0 Å². The summed E-state index contributed by atoms with van der Waals surface area (Å²) in [5.74, 6) is 0. The third-order valence-electron chi connectivity index (χ3n) is 3.36. The zero-order chi connectivity index (χ0) is 13.8. The fourth-order valence-corrected chi connectivity index (χ4v) is 3.05. The predicted molar refractivity (Wildman–Crippen MR) is 84.0 cm³/mol. The van der Waals surface area contributed by atoms with Gasteiger partial charge in [0.05, 0.1) is 11.6 Å². The Labute approximate surface area is 122 Å². The van der Waals surface area contributed by atoms with E-state index in [-0.39, 0.29) is 17.9 Å². The molecule has 0 spiro atoms. The fourth-order valence-electron chi connectivity index (χ4n) is 2.12. The van der Waals surface area contributed by atoms with Crippen LogP contribution < -0.4 is 5.32 Å². The average Bonchev–Trinajstić information content (AvgIpc) is 2.75. The van der Waals surface area contributed by atoms with E-state index in [1.54, 1.807) is 11.8 Å². The molecule has 1 heterocycles. The highest BCUT2D eigenvalue weighted by atomic mass is 35.5. The normalized spacial score (nSPS) is 14.7. The molecule has 2 atom stereocenters. The van der Waals surface area contributed by atoms with Crippen molar-refractivity contribution in [1.82, 2.24) is 10.3 Å². The first-order chi connectivity index (χ1) is 9.17. The lowest BCUT2D eigenvalue weighted by Crippen LogP contribution is -2.37. The Morgan fingerprint density at radius 3 is 2.79 bits per heavy atom. The number of aromatic nitrogens is 1. The lowest BCUT2D eigenvalue weighted by Gasteiger charge is -2.21. The van der Waals surface area contributed by atoms with Crippen LogP contribution >= 0.6 is 23.4 Å². The Hall–Kier alpha value is -0.680. The molecule has 0 amide bonds. The van der Waals surface area contributed by atoms with Crippen molar-refractivity contribution in [3.05, 3.63) is 35.0 Å². The van der Waals surface area contributed by atoms with Crippen LogP contribution in [0.15, 0.2) is 24.3 Å². The molecule has 2 aromatic rings. The van der Waals surface area contributed by atoms with E-state index < -0.39 is 0 Å². The second-order valence-corrected chi connectivity index (χ2v) is 6.04. The van der Waals surface area contributed by atoms with E-state index in [0.717, 1.165) is 21.6 Å². The summed E-state index contributed by atoms with van der Waals surface area (Å²) in [7, 11) is 0. The van der Waals surface area contributed by atoms with Gasteiger partial charge in [-0.15, -0.1) is 0 Å². The second kappa shape index (κ2) is 6.66. The monoisotopic (exact) mass is 298 g/mol. The molecule has 5 heteroatoms. The third kappa shape index (κ3) is 3.26. The number of thioether (sulfide) groups is 1. The van der Waals surface area contributed by atoms with Crippen LogP contribution in [0.3, 0.4) is 0 Å². The van der Waals surface area contributed by atoms with Crippen molar-refractivity contribution in [2.24, 2.45) is 0 Å². The molecule has 3 nitrogen and oxygen atoms in total. The topological polar surface area (TPSA) is 48.0 Å². The van der Waals surface area contributed by atoms with Gasteiger partial charge in [0.1, 0.15) is 0 Å². The van der Waals surface area contributed by atoms with E-state index in [2.05, 4.69) is 17.2 Å². The molecular weight excluding hydrogens is 280 g/mol. The van der Waals surface area contributed by atoms with Crippen LogP contribution in [0.1, 0.15) is 12.6 Å². The van der Waals surface area contributed by atoms with Crippen LogP contribution in [0.25, 0.3) is 10.9 Å². The minimum absolute atomic E-state index is 0.176. The van der Waals surface area contributed by atoms with Crippen molar-refractivity contribution in [1.29, 1.82) is 0 Å². The molecule has 0 aliphatic heterocycles.